The average molecular weight is 249 g/mol. The van der Waals surface area contributed by atoms with E-state index in [1.54, 1.807) is 6.92 Å². The molecular formula is C10H19NO4S. The Morgan fingerprint density at radius 3 is 2.38 bits per heavy atom. The van der Waals surface area contributed by atoms with Crippen molar-refractivity contribution in [2.75, 3.05) is 26.0 Å². The van der Waals surface area contributed by atoms with Crippen LogP contribution in [-0.2, 0) is 19.6 Å². The third-order valence-corrected chi connectivity index (χ3v) is 4.90. The molecule has 0 bridgehead atoms. The van der Waals surface area contributed by atoms with Crippen LogP contribution in [-0.4, -0.2) is 44.6 Å². The first kappa shape index (κ1) is 13.4. The Morgan fingerprint density at radius 2 is 1.94 bits per heavy atom. The zero-order chi connectivity index (χ0) is 12.2. The van der Waals surface area contributed by atoms with Gasteiger partial charge in [-0.25, -0.2) is 12.7 Å². The molecule has 5 nitrogen and oxygen atoms in total. The van der Waals surface area contributed by atoms with Gasteiger partial charge in [-0.2, -0.15) is 0 Å². The lowest BCUT2D eigenvalue weighted by atomic mass is 9.95. The molecule has 0 spiro atoms. The molecule has 0 N–H and O–H groups in total. The van der Waals surface area contributed by atoms with Gasteiger partial charge in [0.05, 0.1) is 12.9 Å². The fourth-order valence-electron chi connectivity index (χ4n) is 1.89. The molecule has 0 saturated carbocycles. The van der Waals surface area contributed by atoms with Gasteiger partial charge in [0.1, 0.15) is 0 Å². The highest BCUT2D eigenvalue weighted by Crippen LogP contribution is 2.22. The van der Waals surface area contributed by atoms with Gasteiger partial charge in [-0.05, 0) is 25.7 Å². The molecule has 1 aliphatic heterocycles. The Bertz CT molecular complexity index is 331. The van der Waals surface area contributed by atoms with Gasteiger partial charge in [0.25, 0.3) is 0 Å². The molecule has 94 valence electrons. The van der Waals surface area contributed by atoms with Gasteiger partial charge in [-0.15, -0.1) is 0 Å². The second kappa shape index (κ2) is 5.63. The van der Waals surface area contributed by atoms with Crippen molar-refractivity contribution in [3.8, 4) is 0 Å². The predicted molar refractivity (Wildman–Crippen MR) is 60.4 cm³/mol. The van der Waals surface area contributed by atoms with E-state index < -0.39 is 10.0 Å². The predicted octanol–water partition coefficient (Wildman–Crippen LogP) is 0.611. The first-order valence-electron chi connectivity index (χ1n) is 5.54. The lowest BCUT2D eigenvalue weighted by Crippen LogP contribution is -2.39. The normalized spacial score (nSPS) is 19.6. The molecule has 0 atom stereocenters. The first-order chi connectivity index (χ1) is 7.49. The van der Waals surface area contributed by atoms with E-state index in [1.807, 2.05) is 0 Å². The Labute approximate surface area is 96.8 Å². The van der Waals surface area contributed by atoms with Gasteiger partial charge in [0, 0.05) is 19.5 Å². The molecule has 0 unspecified atom stereocenters. The summed E-state index contributed by atoms with van der Waals surface area (Å²) < 4.78 is 29.3. The number of carbonyl (C=O) groups is 1. The number of rotatable bonds is 4. The summed E-state index contributed by atoms with van der Waals surface area (Å²) in [6.45, 7) is 2.70. The van der Waals surface area contributed by atoms with Crippen LogP contribution in [0.3, 0.4) is 0 Å². The summed E-state index contributed by atoms with van der Waals surface area (Å²) in [6, 6.07) is 0. The Kier molecular flexibility index (Phi) is 4.73. The largest absolute Gasteiger partial charge is 0.469 e. The number of esters is 1. The molecular weight excluding hydrogens is 230 g/mol. The number of nitrogens with zero attached hydrogens (tertiary/aromatic N) is 1. The summed E-state index contributed by atoms with van der Waals surface area (Å²) in [5.74, 6) is 0.196. The van der Waals surface area contributed by atoms with Crippen molar-refractivity contribution in [1.82, 2.24) is 4.31 Å². The van der Waals surface area contributed by atoms with Crippen LogP contribution in [0.15, 0.2) is 0 Å². The highest BCUT2D eigenvalue weighted by molar-refractivity contribution is 7.89. The van der Waals surface area contributed by atoms with Crippen LogP contribution in [0.25, 0.3) is 0 Å². The Morgan fingerprint density at radius 1 is 1.38 bits per heavy atom. The summed E-state index contributed by atoms with van der Waals surface area (Å²) in [5.41, 5.74) is 0. The van der Waals surface area contributed by atoms with E-state index in [0.29, 0.717) is 19.5 Å². The topological polar surface area (TPSA) is 63.7 Å². The summed E-state index contributed by atoms with van der Waals surface area (Å²) in [7, 11) is -1.69. The molecule has 1 saturated heterocycles. The highest BCUT2D eigenvalue weighted by atomic mass is 32.2. The average Bonchev–Trinajstić information content (AvgIpc) is 2.29. The standard InChI is InChI=1S/C10H19NO4S/c1-3-16(13,14)11-6-4-9(5-7-11)8-10(12)15-2/h9H,3-8H2,1-2H3. The lowest BCUT2D eigenvalue weighted by molar-refractivity contribution is -0.142. The summed E-state index contributed by atoms with van der Waals surface area (Å²) in [5, 5.41) is 0. The zero-order valence-electron chi connectivity index (χ0n) is 9.81. The maximum atomic E-state index is 11.6. The van der Waals surface area contributed by atoms with Crippen LogP contribution in [0, 0.1) is 5.92 Å². The quantitative estimate of drug-likeness (QED) is 0.685. The van der Waals surface area contributed by atoms with Crippen LogP contribution in [0.4, 0.5) is 0 Å². The van der Waals surface area contributed by atoms with Crippen molar-refractivity contribution in [3.63, 3.8) is 0 Å². The Balaban J connectivity index is 2.43. The van der Waals surface area contributed by atoms with Gasteiger partial charge in [-0.1, -0.05) is 0 Å². The molecule has 1 rings (SSSR count). The second-order valence-electron chi connectivity index (χ2n) is 4.02. The van der Waals surface area contributed by atoms with Crippen molar-refractivity contribution in [3.05, 3.63) is 0 Å². The van der Waals surface area contributed by atoms with Gasteiger partial charge in [0.15, 0.2) is 0 Å². The third-order valence-electron chi connectivity index (χ3n) is 3.01. The van der Waals surface area contributed by atoms with Crippen molar-refractivity contribution < 1.29 is 17.9 Å². The monoisotopic (exact) mass is 249 g/mol. The molecule has 0 aromatic rings. The summed E-state index contributed by atoms with van der Waals surface area (Å²) >= 11 is 0. The Hall–Kier alpha value is -0.620. The molecule has 0 aliphatic carbocycles. The zero-order valence-corrected chi connectivity index (χ0v) is 10.6. The number of hydrogen-bond donors (Lipinski definition) is 0. The molecule has 1 aliphatic rings. The lowest BCUT2D eigenvalue weighted by Gasteiger charge is -2.30. The van der Waals surface area contributed by atoms with Crippen molar-refractivity contribution >= 4 is 16.0 Å². The number of piperidine rings is 1. The van der Waals surface area contributed by atoms with Crippen LogP contribution in [0.2, 0.25) is 0 Å². The van der Waals surface area contributed by atoms with Crippen molar-refractivity contribution in [1.29, 1.82) is 0 Å². The van der Waals surface area contributed by atoms with Gasteiger partial charge >= 0.3 is 5.97 Å². The molecule has 16 heavy (non-hydrogen) atoms. The van der Waals surface area contributed by atoms with Crippen LogP contribution in [0.5, 0.6) is 0 Å². The van der Waals surface area contributed by atoms with E-state index in [-0.39, 0.29) is 17.6 Å². The van der Waals surface area contributed by atoms with E-state index in [9.17, 15) is 13.2 Å². The van der Waals surface area contributed by atoms with E-state index >= 15 is 0 Å². The fraction of sp³-hybridized carbons (Fsp3) is 0.900. The number of sulfonamides is 1. The van der Waals surface area contributed by atoms with E-state index in [1.165, 1.54) is 11.4 Å². The minimum atomic E-state index is -3.06. The van der Waals surface area contributed by atoms with Crippen molar-refractivity contribution in [2.24, 2.45) is 5.92 Å². The molecule has 0 aromatic carbocycles. The second-order valence-corrected chi connectivity index (χ2v) is 6.28. The van der Waals surface area contributed by atoms with Crippen LogP contribution < -0.4 is 0 Å². The molecule has 0 aromatic heterocycles. The van der Waals surface area contributed by atoms with E-state index in [2.05, 4.69) is 4.74 Å². The SMILES string of the molecule is CCS(=O)(=O)N1CCC(CC(=O)OC)CC1. The molecule has 0 amide bonds. The van der Waals surface area contributed by atoms with Crippen LogP contribution >= 0.6 is 0 Å². The number of ether oxygens (including phenoxy) is 1. The molecule has 6 heteroatoms. The fourth-order valence-corrected chi connectivity index (χ4v) is 3.03. The third kappa shape index (κ3) is 3.45. The molecule has 1 fully saturated rings. The van der Waals surface area contributed by atoms with Crippen molar-refractivity contribution in [2.45, 2.75) is 26.2 Å². The number of carbonyl (C=O) groups excluding carboxylic acids is 1. The van der Waals surface area contributed by atoms with Crippen LogP contribution in [0.1, 0.15) is 26.2 Å². The molecule has 0 radical (unpaired) electrons. The maximum absolute atomic E-state index is 11.6. The van der Waals surface area contributed by atoms with E-state index in [4.69, 9.17) is 0 Å². The number of hydrogen-bond acceptors (Lipinski definition) is 4. The van der Waals surface area contributed by atoms with Gasteiger partial charge in [0.2, 0.25) is 10.0 Å². The minimum absolute atomic E-state index is 0.147. The maximum Gasteiger partial charge on any atom is 0.305 e. The summed E-state index contributed by atoms with van der Waals surface area (Å²) in [6.07, 6.45) is 1.89. The summed E-state index contributed by atoms with van der Waals surface area (Å²) in [4.78, 5) is 11.1. The van der Waals surface area contributed by atoms with E-state index in [0.717, 1.165) is 12.8 Å². The highest BCUT2D eigenvalue weighted by Gasteiger charge is 2.27. The number of methoxy groups -OCH3 is 1. The van der Waals surface area contributed by atoms with Gasteiger partial charge in [-0.3, -0.25) is 4.79 Å². The first-order valence-corrected chi connectivity index (χ1v) is 7.15. The minimum Gasteiger partial charge on any atom is -0.469 e. The smallest absolute Gasteiger partial charge is 0.305 e. The van der Waals surface area contributed by atoms with Gasteiger partial charge < -0.3 is 4.74 Å². The molecule has 1 heterocycles.